The number of oxime groups is 1. The zero-order chi connectivity index (χ0) is 34.1. The van der Waals surface area contributed by atoms with Crippen molar-refractivity contribution in [3.63, 3.8) is 0 Å². The third-order valence-corrected chi connectivity index (χ3v) is 10.6. The monoisotopic (exact) mass is 668 g/mol. The molecule has 0 aromatic heterocycles. The van der Waals surface area contributed by atoms with Crippen LogP contribution < -0.4 is 21.4 Å². The van der Waals surface area contributed by atoms with E-state index in [1.54, 1.807) is 29.8 Å². The summed E-state index contributed by atoms with van der Waals surface area (Å²) >= 11 is 0. The van der Waals surface area contributed by atoms with Crippen LogP contribution in [0.4, 0.5) is 14.9 Å². The van der Waals surface area contributed by atoms with E-state index in [0.29, 0.717) is 36.9 Å². The molecule has 5 amide bonds. The summed E-state index contributed by atoms with van der Waals surface area (Å²) in [6, 6.07) is 2.18. The molecule has 1 aromatic rings. The fourth-order valence-corrected chi connectivity index (χ4v) is 6.98. The zero-order valence-electron chi connectivity index (χ0n) is 28.3. The molecule has 1 unspecified atom stereocenters. The molecule has 0 radical (unpaired) electrons. The van der Waals surface area contributed by atoms with Gasteiger partial charge in [-0.2, -0.15) is 0 Å². The number of nitrogens with zero attached hydrogens (tertiary/aromatic N) is 4. The Bertz CT molecular complexity index is 1410. The molecule has 1 aromatic carbocycles. The highest BCUT2D eigenvalue weighted by atomic mass is 19.1. The molecule has 2 heterocycles. The highest BCUT2D eigenvalue weighted by Crippen LogP contribution is 2.51. The molecule has 262 valence electrons. The lowest BCUT2D eigenvalue weighted by molar-refractivity contribution is -0.135. The third kappa shape index (κ3) is 7.75. The lowest BCUT2D eigenvalue weighted by Gasteiger charge is -2.37. The summed E-state index contributed by atoms with van der Waals surface area (Å²) in [5.41, 5.74) is 3.37. The summed E-state index contributed by atoms with van der Waals surface area (Å²) in [7, 11) is 3.73. The van der Waals surface area contributed by atoms with Crippen LogP contribution in [-0.2, 0) is 19.3 Å². The number of hydroxylamine groups is 1. The van der Waals surface area contributed by atoms with Gasteiger partial charge >= 0.3 is 6.03 Å². The number of likely N-dealkylation sites (N-methyl/N-ethyl adjacent to an activating group) is 1. The number of anilines is 1. The van der Waals surface area contributed by atoms with Crippen LogP contribution in [0, 0.1) is 23.6 Å². The number of amides is 5. The molecule has 4 atom stereocenters. The number of urea groups is 1. The fraction of sp³-hybridized carbons (Fsp3) is 0.676. The summed E-state index contributed by atoms with van der Waals surface area (Å²) in [6.07, 6.45) is 6.41. The van der Waals surface area contributed by atoms with E-state index >= 15 is 4.39 Å². The van der Waals surface area contributed by atoms with Gasteiger partial charge in [-0.05, 0) is 87.4 Å². The van der Waals surface area contributed by atoms with Crippen molar-refractivity contribution < 1.29 is 28.5 Å². The van der Waals surface area contributed by atoms with Crippen molar-refractivity contribution in [3.05, 3.63) is 29.6 Å². The van der Waals surface area contributed by atoms with Crippen molar-refractivity contribution in [1.82, 2.24) is 30.8 Å². The van der Waals surface area contributed by atoms with Gasteiger partial charge < -0.3 is 30.7 Å². The average Bonchev–Trinajstić information content (AvgIpc) is 3.94. The molecule has 3 aliphatic carbocycles. The Morgan fingerprint density at radius 3 is 2.27 bits per heavy atom. The number of halogens is 1. The Hall–Kier alpha value is -3.78. The first-order valence-electron chi connectivity index (χ1n) is 17.5. The first kappa shape index (κ1) is 34.1. The number of benzene rings is 1. The first-order chi connectivity index (χ1) is 23.0. The fourth-order valence-electron chi connectivity index (χ4n) is 6.98. The topological polar surface area (TPSA) is 148 Å². The summed E-state index contributed by atoms with van der Waals surface area (Å²) < 4.78 is 15.8. The minimum atomic E-state index is -0.900. The minimum Gasteiger partial charge on any atom is -0.339 e. The molecule has 0 spiro atoms. The van der Waals surface area contributed by atoms with Crippen molar-refractivity contribution >= 4 is 35.2 Å². The molecular weight excluding hydrogens is 619 g/mol. The number of hydrogen-bond donors (Lipinski definition) is 4. The van der Waals surface area contributed by atoms with Crippen LogP contribution in [0.3, 0.4) is 0 Å². The van der Waals surface area contributed by atoms with E-state index in [9.17, 15) is 19.2 Å². The van der Waals surface area contributed by atoms with Gasteiger partial charge in [0.05, 0.1) is 11.7 Å². The molecule has 0 bridgehead atoms. The number of rotatable bonds is 13. The van der Waals surface area contributed by atoms with Crippen LogP contribution in [-0.4, -0.2) is 109 Å². The lowest BCUT2D eigenvalue weighted by atomic mass is 9.88. The van der Waals surface area contributed by atoms with E-state index in [4.69, 9.17) is 4.94 Å². The van der Waals surface area contributed by atoms with Crippen molar-refractivity contribution in [2.24, 2.45) is 22.9 Å². The van der Waals surface area contributed by atoms with Gasteiger partial charge in [0.15, 0.2) is 5.71 Å². The second-order valence-electron chi connectivity index (χ2n) is 14.3. The summed E-state index contributed by atoms with van der Waals surface area (Å²) in [6.45, 7) is 6.25. The van der Waals surface area contributed by atoms with E-state index in [2.05, 4.69) is 31.5 Å². The molecule has 4 fully saturated rings. The van der Waals surface area contributed by atoms with Crippen LogP contribution in [0.2, 0.25) is 0 Å². The predicted octanol–water partition coefficient (Wildman–Crippen LogP) is 2.40. The summed E-state index contributed by atoms with van der Waals surface area (Å²) in [4.78, 5) is 64.6. The Balaban J connectivity index is 1.18. The van der Waals surface area contributed by atoms with Crippen LogP contribution in [0.5, 0.6) is 0 Å². The molecule has 6 rings (SSSR count). The molecule has 4 N–H and O–H groups in total. The molecule has 5 aliphatic rings. The Morgan fingerprint density at radius 2 is 1.69 bits per heavy atom. The number of carbonyl (C=O) groups is 4. The van der Waals surface area contributed by atoms with Crippen molar-refractivity contribution in [2.45, 2.75) is 88.9 Å². The maximum absolute atomic E-state index is 15.8. The maximum atomic E-state index is 15.8. The average molecular weight is 669 g/mol. The Labute approximate surface area is 281 Å². The Kier molecular flexibility index (Phi) is 10.2. The number of hydrogen-bond acceptors (Lipinski definition) is 8. The Morgan fingerprint density at radius 1 is 1.02 bits per heavy atom. The highest BCUT2D eigenvalue weighted by molar-refractivity contribution is 6.41. The number of nitrogens with one attached hydrogen (secondary N) is 4. The molecular formula is C34H49FN8O5. The van der Waals surface area contributed by atoms with Gasteiger partial charge in [-0.25, -0.2) is 9.18 Å². The summed E-state index contributed by atoms with van der Waals surface area (Å²) in [5, 5.41) is 12.5. The van der Waals surface area contributed by atoms with Gasteiger partial charge in [-0.3, -0.25) is 19.3 Å². The van der Waals surface area contributed by atoms with Crippen molar-refractivity contribution in [3.8, 4) is 0 Å². The van der Waals surface area contributed by atoms with E-state index in [1.807, 2.05) is 14.0 Å². The quantitative estimate of drug-likeness (QED) is 0.253. The van der Waals surface area contributed by atoms with Crippen molar-refractivity contribution in [2.75, 3.05) is 45.6 Å². The summed E-state index contributed by atoms with van der Waals surface area (Å²) in [5.74, 6) is -1.77. The first-order valence-corrected chi connectivity index (χ1v) is 17.5. The zero-order valence-corrected chi connectivity index (χ0v) is 28.3. The van der Waals surface area contributed by atoms with E-state index in [0.717, 1.165) is 51.6 Å². The molecule has 3 saturated carbocycles. The van der Waals surface area contributed by atoms with E-state index < -0.39 is 35.6 Å². The second kappa shape index (κ2) is 14.4. The highest BCUT2D eigenvalue weighted by Gasteiger charge is 2.49. The van der Waals surface area contributed by atoms with Gasteiger partial charge in [0.1, 0.15) is 17.9 Å². The molecule has 2 aliphatic heterocycles. The smallest absolute Gasteiger partial charge is 0.318 e. The number of piperazine rings is 1. The van der Waals surface area contributed by atoms with E-state index in [1.165, 1.54) is 12.1 Å². The third-order valence-electron chi connectivity index (χ3n) is 10.6. The maximum Gasteiger partial charge on any atom is 0.318 e. The number of carbonyl (C=O) groups excluding carboxylic acids is 4. The normalized spacial score (nSPS) is 23.1. The predicted molar refractivity (Wildman–Crippen MR) is 177 cm³/mol. The SMILES string of the molecule is CCC1NON=C1C(=O)N[C@H](C(=O)Nc1ccc([C@H](C)[C@@H](NC(=O)N(C)C2CC2)C(=O)N2CCN(C)CC2)cc1F)C(C1CC1)C1CC1. The van der Waals surface area contributed by atoms with Crippen LogP contribution in [0.15, 0.2) is 23.4 Å². The van der Waals surface area contributed by atoms with Crippen LogP contribution >= 0.6 is 0 Å². The molecule has 1 saturated heterocycles. The van der Waals surface area contributed by atoms with Crippen LogP contribution in [0.1, 0.15) is 70.3 Å². The minimum absolute atomic E-state index is 0.0189. The largest absolute Gasteiger partial charge is 0.339 e. The van der Waals surface area contributed by atoms with Gasteiger partial charge in [0, 0.05) is 45.2 Å². The molecule has 13 nitrogen and oxygen atoms in total. The van der Waals surface area contributed by atoms with E-state index in [-0.39, 0.29) is 41.3 Å². The molecule has 48 heavy (non-hydrogen) atoms. The van der Waals surface area contributed by atoms with Crippen molar-refractivity contribution in [1.29, 1.82) is 0 Å². The standard InChI is InChI=1S/C34H49FN8O5/c1-5-25-29(40-48-39-25)31(44)37-30(27(20-6-7-20)21-8-9-21)32(45)36-26-13-10-22(18-24(26)35)19(2)28(38-34(47)42(4)23-11-12-23)33(46)43-16-14-41(3)15-17-43/h10,13,18-21,23,25,27-28,30,39H,5-9,11-12,14-17H2,1-4H3,(H,36,45)(H,37,44)(H,38,47)/t19-,25?,28+,30-/m0/s1. The molecule has 14 heteroatoms. The van der Waals surface area contributed by atoms with Gasteiger partial charge in [-0.15, -0.1) is 5.48 Å². The van der Waals surface area contributed by atoms with Gasteiger partial charge in [0.25, 0.3) is 5.91 Å². The van der Waals surface area contributed by atoms with Gasteiger partial charge in [-0.1, -0.05) is 25.1 Å². The lowest BCUT2D eigenvalue weighted by Crippen LogP contribution is -2.57. The van der Waals surface area contributed by atoms with Gasteiger partial charge in [0.2, 0.25) is 11.8 Å². The second-order valence-corrected chi connectivity index (χ2v) is 14.3. The van der Waals surface area contributed by atoms with Crippen LogP contribution in [0.25, 0.3) is 0 Å².